The molecule has 2 aromatic heterocycles. The third kappa shape index (κ3) is 1.29. The van der Waals surface area contributed by atoms with Gasteiger partial charge in [0, 0.05) is 11.5 Å². The summed E-state index contributed by atoms with van der Waals surface area (Å²) in [6.45, 7) is 3.62. The zero-order chi connectivity index (χ0) is 12.9. The Bertz CT molecular complexity index is 808. The Morgan fingerprint density at radius 1 is 1.22 bits per heavy atom. The average molecular weight is 244 g/mol. The smallest absolute Gasteiger partial charge is 0.206 e. The van der Waals surface area contributed by atoms with Crippen LogP contribution in [0.15, 0.2) is 32.0 Å². The van der Waals surface area contributed by atoms with Crippen molar-refractivity contribution in [2.75, 3.05) is 7.11 Å². The van der Waals surface area contributed by atoms with Crippen LogP contribution in [0.2, 0.25) is 0 Å². The SMILES string of the molecule is COc1c2occc2c(C)c2c(=O)cc(C)oc12. The molecule has 2 heterocycles. The Kier molecular flexibility index (Phi) is 2.20. The molecule has 0 saturated heterocycles. The minimum Gasteiger partial charge on any atom is -0.490 e. The van der Waals surface area contributed by atoms with E-state index < -0.39 is 0 Å². The van der Waals surface area contributed by atoms with Crippen molar-refractivity contribution in [3.63, 3.8) is 0 Å². The quantitative estimate of drug-likeness (QED) is 0.659. The highest BCUT2D eigenvalue weighted by atomic mass is 16.5. The van der Waals surface area contributed by atoms with Crippen LogP contribution in [0, 0.1) is 13.8 Å². The van der Waals surface area contributed by atoms with Crippen molar-refractivity contribution in [1.82, 2.24) is 0 Å². The first kappa shape index (κ1) is 10.9. The zero-order valence-corrected chi connectivity index (χ0v) is 10.4. The number of fused-ring (bicyclic) bond motifs is 2. The average Bonchev–Trinajstić information content (AvgIpc) is 2.78. The van der Waals surface area contributed by atoms with Crippen molar-refractivity contribution in [3.8, 4) is 5.75 Å². The Balaban J connectivity index is 2.70. The molecule has 0 atom stereocenters. The largest absolute Gasteiger partial charge is 0.490 e. The molecular formula is C14H12O4. The van der Waals surface area contributed by atoms with E-state index in [9.17, 15) is 4.79 Å². The molecule has 92 valence electrons. The summed E-state index contributed by atoms with van der Waals surface area (Å²) in [6.07, 6.45) is 1.58. The predicted octanol–water partition coefficient (Wildman–Crippen LogP) is 3.16. The molecule has 0 saturated carbocycles. The van der Waals surface area contributed by atoms with Gasteiger partial charge >= 0.3 is 0 Å². The third-order valence-corrected chi connectivity index (χ3v) is 3.13. The molecule has 0 bridgehead atoms. The highest BCUT2D eigenvalue weighted by Gasteiger charge is 2.18. The fourth-order valence-electron chi connectivity index (χ4n) is 2.33. The molecule has 1 aromatic carbocycles. The van der Waals surface area contributed by atoms with Crippen molar-refractivity contribution >= 4 is 21.9 Å². The van der Waals surface area contributed by atoms with Crippen molar-refractivity contribution in [2.24, 2.45) is 0 Å². The van der Waals surface area contributed by atoms with Gasteiger partial charge in [-0.2, -0.15) is 0 Å². The van der Waals surface area contributed by atoms with Crippen molar-refractivity contribution < 1.29 is 13.6 Å². The van der Waals surface area contributed by atoms with Crippen LogP contribution in [0.1, 0.15) is 11.3 Å². The first-order valence-electron chi connectivity index (χ1n) is 5.61. The Morgan fingerprint density at radius 3 is 2.72 bits per heavy atom. The van der Waals surface area contributed by atoms with Gasteiger partial charge < -0.3 is 13.6 Å². The maximum atomic E-state index is 12.1. The van der Waals surface area contributed by atoms with E-state index in [4.69, 9.17) is 13.6 Å². The summed E-state index contributed by atoms with van der Waals surface area (Å²) in [5.74, 6) is 1.02. The topological polar surface area (TPSA) is 52.6 Å². The summed E-state index contributed by atoms with van der Waals surface area (Å²) in [4.78, 5) is 12.1. The zero-order valence-electron chi connectivity index (χ0n) is 10.4. The molecule has 0 spiro atoms. The molecule has 0 radical (unpaired) electrons. The van der Waals surface area contributed by atoms with Gasteiger partial charge in [-0.1, -0.05) is 0 Å². The van der Waals surface area contributed by atoms with Crippen molar-refractivity contribution in [1.29, 1.82) is 0 Å². The Morgan fingerprint density at radius 2 is 2.00 bits per heavy atom. The predicted molar refractivity (Wildman–Crippen MR) is 68.3 cm³/mol. The van der Waals surface area contributed by atoms with Gasteiger partial charge in [0.2, 0.25) is 5.75 Å². The molecule has 0 fully saturated rings. The van der Waals surface area contributed by atoms with Crippen LogP contribution in [0.4, 0.5) is 0 Å². The lowest BCUT2D eigenvalue weighted by Gasteiger charge is -2.08. The van der Waals surface area contributed by atoms with Gasteiger partial charge in [0.1, 0.15) is 5.76 Å². The third-order valence-electron chi connectivity index (χ3n) is 3.13. The van der Waals surface area contributed by atoms with Gasteiger partial charge in [0.15, 0.2) is 16.6 Å². The summed E-state index contributed by atoms with van der Waals surface area (Å²) in [7, 11) is 1.54. The maximum Gasteiger partial charge on any atom is 0.206 e. The molecule has 3 aromatic rings. The molecule has 3 rings (SSSR count). The summed E-state index contributed by atoms with van der Waals surface area (Å²) in [5, 5.41) is 1.42. The van der Waals surface area contributed by atoms with E-state index in [1.807, 2.05) is 13.0 Å². The maximum absolute atomic E-state index is 12.1. The number of furan rings is 1. The lowest BCUT2D eigenvalue weighted by atomic mass is 10.0. The number of hydrogen-bond donors (Lipinski definition) is 0. The van der Waals surface area contributed by atoms with Gasteiger partial charge in [-0.15, -0.1) is 0 Å². The number of benzene rings is 1. The van der Waals surface area contributed by atoms with Gasteiger partial charge in [-0.05, 0) is 25.5 Å². The normalized spacial score (nSPS) is 11.3. The molecule has 18 heavy (non-hydrogen) atoms. The van der Waals surface area contributed by atoms with Crippen molar-refractivity contribution in [2.45, 2.75) is 13.8 Å². The summed E-state index contributed by atoms with van der Waals surface area (Å²) in [5.41, 5.74) is 1.84. The number of rotatable bonds is 1. The van der Waals surface area contributed by atoms with E-state index >= 15 is 0 Å². The standard InChI is InChI=1S/C14H12O4/c1-7-6-10(15)11-8(2)9-4-5-17-12(9)14(16-3)13(11)18-7/h4-6H,1-3H3. The number of methoxy groups -OCH3 is 1. The summed E-state index contributed by atoms with van der Waals surface area (Å²) >= 11 is 0. The fourth-order valence-corrected chi connectivity index (χ4v) is 2.33. The van der Waals surface area contributed by atoms with Crippen LogP contribution >= 0.6 is 0 Å². The first-order valence-corrected chi connectivity index (χ1v) is 5.61. The van der Waals surface area contributed by atoms with E-state index in [0.29, 0.717) is 28.1 Å². The van der Waals surface area contributed by atoms with E-state index in [1.165, 1.54) is 13.2 Å². The second-order valence-corrected chi connectivity index (χ2v) is 4.25. The van der Waals surface area contributed by atoms with Crippen LogP contribution in [-0.4, -0.2) is 7.11 Å². The first-order chi connectivity index (χ1) is 8.63. The second kappa shape index (κ2) is 3.63. The van der Waals surface area contributed by atoms with E-state index in [1.54, 1.807) is 13.2 Å². The second-order valence-electron chi connectivity index (χ2n) is 4.25. The monoisotopic (exact) mass is 244 g/mol. The molecular weight excluding hydrogens is 232 g/mol. The molecule has 0 N–H and O–H groups in total. The highest BCUT2D eigenvalue weighted by molar-refractivity contribution is 6.03. The Labute approximate surface area is 103 Å². The van der Waals surface area contributed by atoms with Crippen LogP contribution in [0.3, 0.4) is 0 Å². The molecule has 4 heteroatoms. The highest BCUT2D eigenvalue weighted by Crippen LogP contribution is 2.37. The lowest BCUT2D eigenvalue weighted by molar-refractivity contribution is 0.403. The fraction of sp³-hybridized carbons (Fsp3) is 0.214. The number of ether oxygens (including phenoxy) is 1. The van der Waals surface area contributed by atoms with Gasteiger partial charge in [-0.25, -0.2) is 0 Å². The minimum atomic E-state index is -0.0624. The molecule has 4 nitrogen and oxygen atoms in total. The molecule has 0 unspecified atom stereocenters. The number of hydrogen-bond acceptors (Lipinski definition) is 4. The number of aryl methyl sites for hydroxylation is 2. The molecule has 0 aliphatic rings. The van der Waals surface area contributed by atoms with Crippen LogP contribution in [0.5, 0.6) is 5.75 Å². The van der Waals surface area contributed by atoms with E-state index in [0.717, 1.165) is 10.9 Å². The van der Waals surface area contributed by atoms with Gasteiger partial charge in [0.25, 0.3) is 0 Å². The molecule has 0 aliphatic heterocycles. The van der Waals surface area contributed by atoms with Gasteiger partial charge in [0.05, 0.1) is 18.8 Å². The summed E-state index contributed by atoms with van der Waals surface area (Å²) < 4.78 is 16.4. The van der Waals surface area contributed by atoms with Crippen LogP contribution < -0.4 is 10.2 Å². The van der Waals surface area contributed by atoms with Crippen molar-refractivity contribution in [3.05, 3.63) is 39.9 Å². The van der Waals surface area contributed by atoms with Crippen LogP contribution in [0.25, 0.3) is 21.9 Å². The molecule has 0 aliphatic carbocycles. The van der Waals surface area contributed by atoms with E-state index in [-0.39, 0.29) is 5.43 Å². The lowest BCUT2D eigenvalue weighted by Crippen LogP contribution is -2.04. The van der Waals surface area contributed by atoms with Crippen LogP contribution in [-0.2, 0) is 0 Å². The Hall–Kier alpha value is -2.23. The summed E-state index contributed by atoms with van der Waals surface area (Å²) in [6, 6.07) is 3.31. The van der Waals surface area contributed by atoms with Gasteiger partial charge in [-0.3, -0.25) is 4.79 Å². The minimum absolute atomic E-state index is 0.0624. The molecule has 0 amide bonds. The van der Waals surface area contributed by atoms with E-state index in [2.05, 4.69) is 0 Å².